The summed E-state index contributed by atoms with van der Waals surface area (Å²) in [4.78, 5) is 0. The Bertz CT molecular complexity index is 154. The van der Waals surface area contributed by atoms with E-state index in [1.54, 1.807) is 0 Å². The fourth-order valence-corrected chi connectivity index (χ4v) is 0.754. The number of nitrogens with one attached hydrogen (secondary N) is 1. The Morgan fingerprint density at radius 3 is 2.29 bits per heavy atom. The molecule has 0 fully saturated rings. The number of halogens is 3. The topological polar surface area (TPSA) is 61.7 Å². The lowest BCUT2D eigenvalue weighted by Crippen LogP contribution is -2.41. The van der Waals surface area contributed by atoms with Gasteiger partial charge in [-0.15, -0.1) is 0 Å². The number of aliphatic hydroxyl groups is 2. The van der Waals surface area contributed by atoms with Crippen molar-refractivity contribution in [3.63, 3.8) is 0 Å². The molecule has 0 aromatic rings. The molecule has 0 aliphatic carbocycles. The molecular weight excluding hydrogens is 203 g/mol. The number of hydrogen-bond acceptors (Lipinski definition) is 4. The Morgan fingerprint density at radius 2 is 1.86 bits per heavy atom. The Kier molecular flexibility index (Phi) is 6.01. The van der Waals surface area contributed by atoms with Crippen LogP contribution >= 0.6 is 0 Å². The van der Waals surface area contributed by atoms with E-state index in [2.05, 4.69) is 10.1 Å². The van der Waals surface area contributed by atoms with Crippen LogP contribution < -0.4 is 5.32 Å². The average Bonchev–Trinajstić information content (AvgIpc) is 2.02. The Balaban J connectivity index is 3.54. The van der Waals surface area contributed by atoms with Crippen molar-refractivity contribution in [3.05, 3.63) is 0 Å². The molecule has 7 heteroatoms. The average molecular weight is 217 g/mol. The zero-order valence-electron chi connectivity index (χ0n) is 7.71. The molecule has 0 radical (unpaired) electrons. The zero-order chi connectivity index (χ0) is 11.2. The van der Waals surface area contributed by atoms with Gasteiger partial charge in [0.15, 0.2) is 6.10 Å². The smallest absolute Gasteiger partial charge is 0.389 e. The van der Waals surface area contributed by atoms with Crippen molar-refractivity contribution in [1.29, 1.82) is 0 Å². The third kappa shape index (κ3) is 6.14. The van der Waals surface area contributed by atoms with Crippen LogP contribution in [0.4, 0.5) is 13.2 Å². The summed E-state index contributed by atoms with van der Waals surface area (Å²) in [6.45, 7) is -0.652. The van der Waals surface area contributed by atoms with Crippen molar-refractivity contribution < 1.29 is 28.1 Å². The van der Waals surface area contributed by atoms with E-state index in [1.807, 2.05) is 0 Å². The molecule has 0 rings (SSSR count). The van der Waals surface area contributed by atoms with Gasteiger partial charge in [0.25, 0.3) is 0 Å². The first-order valence-electron chi connectivity index (χ1n) is 4.00. The second-order valence-electron chi connectivity index (χ2n) is 2.82. The van der Waals surface area contributed by atoms with Gasteiger partial charge < -0.3 is 20.3 Å². The summed E-state index contributed by atoms with van der Waals surface area (Å²) < 4.78 is 39.8. The number of alkyl halides is 3. The first-order chi connectivity index (χ1) is 6.38. The first-order valence-corrected chi connectivity index (χ1v) is 4.00. The van der Waals surface area contributed by atoms with Crippen LogP contribution in [0.5, 0.6) is 0 Å². The summed E-state index contributed by atoms with van der Waals surface area (Å²) in [5.41, 5.74) is 0. The lowest BCUT2D eigenvalue weighted by Gasteiger charge is -2.16. The fraction of sp³-hybridized carbons (Fsp3) is 1.00. The number of methoxy groups -OCH3 is 1. The van der Waals surface area contributed by atoms with E-state index in [-0.39, 0.29) is 13.2 Å². The fourth-order valence-electron chi connectivity index (χ4n) is 0.754. The molecule has 2 unspecified atom stereocenters. The van der Waals surface area contributed by atoms with Crippen molar-refractivity contribution in [2.45, 2.75) is 18.4 Å². The van der Waals surface area contributed by atoms with Crippen molar-refractivity contribution in [2.24, 2.45) is 0 Å². The van der Waals surface area contributed by atoms with E-state index in [1.165, 1.54) is 7.11 Å². The van der Waals surface area contributed by atoms with Crippen LogP contribution in [-0.2, 0) is 4.74 Å². The number of aliphatic hydroxyl groups excluding tert-OH is 2. The Hall–Kier alpha value is -0.370. The molecule has 0 amide bonds. The molecule has 14 heavy (non-hydrogen) atoms. The molecule has 0 spiro atoms. The van der Waals surface area contributed by atoms with Crippen LogP contribution in [0.1, 0.15) is 0 Å². The van der Waals surface area contributed by atoms with Crippen LogP contribution in [0.25, 0.3) is 0 Å². The van der Waals surface area contributed by atoms with Gasteiger partial charge >= 0.3 is 6.18 Å². The summed E-state index contributed by atoms with van der Waals surface area (Å²) >= 11 is 0. The standard InChI is InChI=1S/C7H14F3NO3/c1-14-4-5(12)2-11-3-6(13)7(8,9)10/h5-6,11-13H,2-4H2,1H3. The molecule has 0 saturated heterocycles. The predicted molar refractivity (Wildman–Crippen MR) is 42.8 cm³/mol. The second-order valence-corrected chi connectivity index (χ2v) is 2.82. The SMILES string of the molecule is COCC(O)CNCC(O)C(F)(F)F. The van der Waals surface area contributed by atoms with Crippen molar-refractivity contribution >= 4 is 0 Å². The molecule has 0 aliphatic rings. The van der Waals surface area contributed by atoms with Gasteiger partial charge in [0.2, 0.25) is 0 Å². The molecule has 3 N–H and O–H groups in total. The highest BCUT2D eigenvalue weighted by atomic mass is 19.4. The summed E-state index contributed by atoms with van der Waals surface area (Å²) in [5, 5.41) is 19.8. The molecule has 0 bridgehead atoms. The van der Waals surface area contributed by atoms with Crippen LogP contribution in [-0.4, -0.2) is 55.4 Å². The number of ether oxygens (including phenoxy) is 1. The lowest BCUT2D eigenvalue weighted by molar-refractivity contribution is -0.202. The van der Waals surface area contributed by atoms with Gasteiger partial charge in [0, 0.05) is 20.2 Å². The molecular formula is C7H14F3NO3. The maximum Gasteiger partial charge on any atom is 0.415 e. The Morgan fingerprint density at radius 1 is 1.29 bits per heavy atom. The van der Waals surface area contributed by atoms with Gasteiger partial charge in [-0.1, -0.05) is 0 Å². The Labute approximate surface area is 79.7 Å². The van der Waals surface area contributed by atoms with Crippen molar-refractivity contribution in [1.82, 2.24) is 5.32 Å². The summed E-state index contributed by atoms with van der Waals surface area (Å²) in [5.74, 6) is 0. The molecule has 86 valence electrons. The second kappa shape index (κ2) is 6.18. The minimum Gasteiger partial charge on any atom is -0.389 e. The third-order valence-corrected chi connectivity index (χ3v) is 1.45. The zero-order valence-corrected chi connectivity index (χ0v) is 7.71. The quantitative estimate of drug-likeness (QED) is 0.561. The summed E-state index contributed by atoms with van der Waals surface area (Å²) in [6.07, 6.45) is -7.91. The van der Waals surface area contributed by atoms with Gasteiger partial charge in [-0.3, -0.25) is 0 Å². The van der Waals surface area contributed by atoms with E-state index >= 15 is 0 Å². The number of hydrogen-bond donors (Lipinski definition) is 3. The van der Waals surface area contributed by atoms with E-state index < -0.39 is 24.9 Å². The maximum absolute atomic E-state index is 11.7. The van der Waals surface area contributed by atoms with Gasteiger partial charge in [0.1, 0.15) is 0 Å². The van der Waals surface area contributed by atoms with Gasteiger partial charge in [-0.2, -0.15) is 13.2 Å². The molecule has 0 aromatic heterocycles. The van der Waals surface area contributed by atoms with Gasteiger partial charge in [-0.05, 0) is 0 Å². The highest BCUT2D eigenvalue weighted by Gasteiger charge is 2.37. The predicted octanol–water partition coefficient (Wildman–Crippen LogP) is -0.493. The lowest BCUT2D eigenvalue weighted by atomic mass is 10.3. The molecule has 0 saturated carbocycles. The summed E-state index contributed by atoms with van der Waals surface area (Å²) in [7, 11) is 1.37. The van der Waals surface area contributed by atoms with E-state index in [0.717, 1.165) is 0 Å². The first kappa shape index (κ1) is 13.6. The largest absolute Gasteiger partial charge is 0.415 e. The van der Waals surface area contributed by atoms with Gasteiger partial charge in [0.05, 0.1) is 12.7 Å². The number of rotatable bonds is 6. The van der Waals surface area contributed by atoms with Crippen LogP contribution in [0.2, 0.25) is 0 Å². The van der Waals surface area contributed by atoms with E-state index in [0.29, 0.717) is 0 Å². The minimum atomic E-state index is -4.63. The monoisotopic (exact) mass is 217 g/mol. The highest BCUT2D eigenvalue weighted by molar-refractivity contribution is 4.69. The van der Waals surface area contributed by atoms with Crippen LogP contribution in [0, 0.1) is 0 Å². The molecule has 0 aromatic carbocycles. The molecule has 4 nitrogen and oxygen atoms in total. The molecule has 0 aliphatic heterocycles. The molecule has 2 atom stereocenters. The highest BCUT2D eigenvalue weighted by Crippen LogP contribution is 2.18. The van der Waals surface area contributed by atoms with E-state index in [4.69, 9.17) is 10.2 Å². The van der Waals surface area contributed by atoms with Crippen molar-refractivity contribution in [3.8, 4) is 0 Å². The minimum absolute atomic E-state index is 0.0368. The van der Waals surface area contributed by atoms with Crippen LogP contribution in [0.15, 0.2) is 0 Å². The third-order valence-electron chi connectivity index (χ3n) is 1.45. The molecule has 0 heterocycles. The van der Waals surface area contributed by atoms with E-state index in [9.17, 15) is 13.2 Å². The normalized spacial score (nSPS) is 16.7. The van der Waals surface area contributed by atoms with Gasteiger partial charge in [-0.25, -0.2) is 0 Å². The summed E-state index contributed by atoms with van der Waals surface area (Å²) in [6, 6.07) is 0. The van der Waals surface area contributed by atoms with Crippen molar-refractivity contribution in [2.75, 3.05) is 26.8 Å². The van der Waals surface area contributed by atoms with Crippen LogP contribution in [0.3, 0.4) is 0 Å². The maximum atomic E-state index is 11.7.